The third kappa shape index (κ3) is 2.95. The molecule has 3 rings (SSSR count). The van der Waals surface area contributed by atoms with Crippen molar-refractivity contribution in [3.8, 4) is 5.75 Å². The smallest absolute Gasteiger partial charge is 0.404 e. The van der Waals surface area contributed by atoms with Crippen molar-refractivity contribution in [2.45, 2.75) is 24.7 Å². The fourth-order valence-electron chi connectivity index (χ4n) is 3.02. The largest absolute Gasteiger partial charge is 0.492 e. The van der Waals surface area contributed by atoms with Gasteiger partial charge >= 0.3 is 6.09 Å². The maximum absolute atomic E-state index is 11.0. The zero-order valence-corrected chi connectivity index (χ0v) is 12.5. The van der Waals surface area contributed by atoms with E-state index in [1.54, 1.807) is 7.11 Å². The minimum atomic E-state index is -0.781. The highest BCUT2D eigenvalue weighted by molar-refractivity contribution is 5.65. The summed E-state index contributed by atoms with van der Waals surface area (Å²) < 4.78 is 16.2. The summed E-state index contributed by atoms with van der Waals surface area (Å²) in [6.45, 7) is 1.71. The number of carbonyl (C=O) groups is 1. The molecule has 120 valence electrons. The van der Waals surface area contributed by atoms with Gasteiger partial charge in [0, 0.05) is 31.5 Å². The Morgan fingerprint density at radius 1 is 1.36 bits per heavy atom. The zero-order chi connectivity index (χ0) is 15.7. The van der Waals surface area contributed by atoms with E-state index in [0.717, 1.165) is 23.4 Å². The van der Waals surface area contributed by atoms with Crippen LogP contribution in [0.25, 0.3) is 0 Å². The Morgan fingerprint density at radius 3 is 2.86 bits per heavy atom. The summed E-state index contributed by atoms with van der Waals surface area (Å²) >= 11 is 0. The van der Waals surface area contributed by atoms with Crippen molar-refractivity contribution < 1.29 is 19.0 Å². The molecule has 0 bridgehead atoms. The van der Waals surface area contributed by atoms with Gasteiger partial charge in [-0.3, -0.25) is 0 Å². The van der Waals surface area contributed by atoms with Gasteiger partial charge in [0.25, 0.3) is 0 Å². The van der Waals surface area contributed by atoms with E-state index < -0.39 is 6.09 Å². The quantitative estimate of drug-likeness (QED) is 0.830. The first kappa shape index (κ1) is 14.9. The molecule has 7 nitrogen and oxygen atoms in total. The SMILES string of the molecule is COC1CN(c2ccc3c(c2)OCC(N)C3)CC1OC(N)=O. The fraction of sp³-hybridized carbons (Fsp3) is 0.533. The second-order valence-electron chi connectivity index (χ2n) is 5.72. The summed E-state index contributed by atoms with van der Waals surface area (Å²) in [5.74, 6) is 0.868. The molecule has 2 aliphatic rings. The number of anilines is 1. The molecular weight excluding hydrogens is 286 g/mol. The predicted molar refractivity (Wildman–Crippen MR) is 81.1 cm³/mol. The molecule has 3 unspecified atom stereocenters. The molecule has 1 aromatic carbocycles. The molecule has 7 heteroatoms. The molecule has 0 radical (unpaired) electrons. The number of hydrogen-bond acceptors (Lipinski definition) is 6. The van der Waals surface area contributed by atoms with E-state index in [1.807, 2.05) is 18.2 Å². The Hall–Kier alpha value is -1.99. The van der Waals surface area contributed by atoms with Crippen molar-refractivity contribution in [3.63, 3.8) is 0 Å². The number of nitrogens with two attached hydrogens (primary N) is 2. The van der Waals surface area contributed by atoms with Crippen LogP contribution in [0.3, 0.4) is 0 Å². The summed E-state index contributed by atoms with van der Waals surface area (Å²) in [6, 6.07) is 6.12. The number of fused-ring (bicyclic) bond motifs is 1. The lowest BCUT2D eigenvalue weighted by Crippen LogP contribution is -2.34. The van der Waals surface area contributed by atoms with E-state index in [4.69, 9.17) is 25.7 Å². The Kier molecular flexibility index (Phi) is 4.08. The van der Waals surface area contributed by atoms with Crippen LogP contribution in [-0.4, -0.2) is 51.1 Å². The van der Waals surface area contributed by atoms with Crippen molar-refractivity contribution in [3.05, 3.63) is 23.8 Å². The van der Waals surface area contributed by atoms with Crippen LogP contribution in [0.15, 0.2) is 18.2 Å². The average molecular weight is 307 g/mol. The number of ether oxygens (including phenoxy) is 3. The number of benzene rings is 1. The van der Waals surface area contributed by atoms with E-state index in [0.29, 0.717) is 19.7 Å². The van der Waals surface area contributed by atoms with Crippen LogP contribution in [0.1, 0.15) is 5.56 Å². The van der Waals surface area contributed by atoms with E-state index in [9.17, 15) is 4.79 Å². The van der Waals surface area contributed by atoms with Crippen LogP contribution in [0.2, 0.25) is 0 Å². The number of primary amides is 1. The lowest BCUT2D eigenvalue weighted by molar-refractivity contribution is 0.0104. The summed E-state index contributed by atoms with van der Waals surface area (Å²) in [4.78, 5) is 13.1. The monoisotopic (exact) mass is 307 g/mol. The van der Waals surface area contributed by atoms with Crippen LogP contribution >= 0.6 is 0 Å². The first-order valence-corrected chi connectivity index (χ1v) is 7.32. The first-order valence-electron chi connectivity index (χ1n) is 7.32. The molecule has 1 aromatic rings. The van der Waals surface area contributed by atoms with E-state index in [2.05, 4.69) is 4.90 Å². The highest BCUT2D eigenvalue weighted by Gasteiger charge is 2.36. The van der Waals surface area contributed by atoms with Crippen molar-refractivity contribution in [2.75, 3.05) is 31.7 Å². The number of amides is 1. The molecule has 0 saturated carbocycles. The van der Waals surface area contributed by atoms with E-state index >= 15 is 0 Å². The van der Waals surface area contributed by atoms with Crippen molar-refractivity contribution in [2.24, 2.45) is 11.5 Å². The number of carbonyl (C=O) groups excluding carboxylic acids is 1. The lowest BCUT2D eigenvalue weighted by Gasteiger charge is -2.25. The number of rotatable bonds is 3. The molecule has 1 fully saturated rings. The van der Waals surface area contributed by atoms with Gasteiger partial charge in [-0.05, 0) is 18.1 Å². The van der Waals surface area contributed by atoms with Gasteiger partial charge in [0.15, 0.2) is 0 Å². The Balaban J connectivity index is 1.76. The normalized spacial score (nSPS) is 27.2. The van der Waals surface area contributed by atoms with Crippen LogP contribution in [-0.2, 0) is 15.9 Å². The van der Waals surface area contributed by atoms with Crippen LogP contribution in [0.5, 0.6) is 5.75 Å². The van der Waals surface area contributed by atoms with Gasteiger partial charge in [0.2, 0.25) is 0 Å². The highest BCUT2D eigenvalue weighted by atomic mass is 16.6. The molecular formula is C15H21N3O4. The maximum atomic E-state index is 11.0. The highest BCUT2D eigenvalue weighted by Crippen LogP contribution is 2.31. The molecule has 4 N–H and O–H groups in total. The Bertz CT molecular complexity index is 566. The molecule has 2 heterocycles. The second-order valence-corrected chi connectivity index (χ2v) is 5.72. The molecule has 1 saturated heterocycles. The Labute approximate surface area is 129 Å². The van der Waals surface area contributed by atoms with E-state index in [-0.39, 0.29) is 18.2 Å². The van der Waals surface area contributed by atoms with Gasteiger partial charge in [-0.2, -0.15) is 0 Å². The average Bonchev–Trinajstić information content (AvgIpc) is 2.89. The third-order valence-corrected chi connectivity index (χ3v) is 4.14. The summed E-state index contributed by atoms with van der Waals surface area (Å²) in [7, 11) is 1.60. The Morgan fingerprint density at radius 2 is 2.14 bits per heavy atom. The minimum absolute atomic E-state index is 0.0522. The minimum Gasteiger partial charge on any atom is -0.492 e. The number of methoxy groups -OCH3 is 1. The molecule has 0 aromatic heterocycles. The zero-order valence-electron chi connectivity index (χ0n) is 12.5. The van der Waals surface area contributed by atoms with Crippen LogP contribution in [0, 0.1) is 0 Å². The molecule has 1 amide bonds. The van der Waals surface area contributed by atoms with Crippen molar-refractivity contribution >= 4 is 11.8 Å². The third-order valence-electron chi connectivity index (χ3n) is 4.14. The molecule has 0 spiro atoms. The fourth-order valence-corrected chi connectivity index (χ4v) is 3.02. The molecule has 3 atom stereocenters. The van der Waals surface area contributed by atoms with Gasteiger partial charge < -0.3 is 30.6 Å². The summed E-state index contributed by atoms with van der Waals surface area (Å²) in [5.41, 5.74) is 13.1. The van der Waals surface area contributed by atoms with Gasteiger partial charge in [0.05, 0.1) is 6.54 Å². The number of nitrogens with zero attached hydrogens (tertiary/aromatic N) is 1. The van der Waals surface area contributed by atoms with Gasteiger partial charge in [-0.15, -0.1) is 0 Å². The van der Waals surface area contributed by atoms with Crippen molar-refractivity contribution in [1.29, 1.82) is 0 Å². The summed E-state index contributed by atoms with van der Waals surface area (Å²) in [5, 5.41) is 0. The van der Waals surface area contributed by atoms with Crippen LogP contribution in [0.4, 0.5) is 10.5 Å². The lowest BCUT2D eigenvalue weighted by atomic mass is 10.0. The second kappa shape index (κ2) is 6.02. The molecule has 22 heavy (non-hydrogen) atoms. The van der Waals surface area contributed by atoms with Crippen molar-refractivity contribution in [1.82, 2.24) is 0 Å². The predicted octanol–water partition coefficient (Wildman–Crippen LogP) is 0.248. The standard InChI is InChI=1S/C15H21N3O4/c1-20-13-6-18(7-14(13)22-15(17)19)11-3-2-9-4-10(16)8-21-12(9)5-11/h2-3,5,10,13-14H,4,6-8,16H2,1H3,(H2,17,19). The molecule has 0 aliphatic carbocycles. The summed E-state index contributed by atoms with van der Waals surface area (Å²) in [6.07, 6.45) is -0.522. The van der Waals surface area contributed by atoms with Gasteiger partial charge in [-0.1, -0.05) is 6.07 Å². The van der Waals surface area contributed by atoms with E-state index in [1.165, 1.54) is 0 Å². The molecule has 2 aliphatic heterocycles. The topological polar surface area (TPSA) is 100 Å². The first-order chi connectivity index (χ1) is 10.6. The maximum Gasteiger partial charge on any atom is 0.404 e. The number of hydrogen-bond donors (Lipinski definition) is 2. The van der Waals surface area contributed by atoms with Gasteiger partial charge in [-0.25, -0.2) is 4.79 Å². The van der Waals surface area contributed by atoms with Gasteiger partial charge in [0.1, 0.15) is 24.6 Å². The van der Waals surface area contributed by atoms with Crippen LogP contribution < -0.4 is 21.1 Å².